The van der Waals surface area contributed by atoms with Gasteiger partial charge in [0.2, 0.25) is 17.7 Å². The van der Waals surface area contributed by atoms with Crippen LogP contribution in [0, 0.1) is 0 Å². The molecule has 0 saturated heterocycles. The molecule has 0 aliphatic carbocycles. The largest absolute Gasteiger partial charge is 0.366 e. The zero-order valence-electron chi connectivity index (χ0n) is 8.38. The van der Waals surface area contributed by atoms with E-state index in [1.165, 1.54) is 0 Å². The zero-order chi connectivity index (χ0) is 12.7. The van der Waals surface area contributed by atoms with Crippen LogP contribution in [-0.4, -0.2) is 41.6 Å². The first kappa shape index (κ1) is 13.9. The molecule has 0 spiro atoms. The van der Waals surface area contributed by atoms with E-state index in [9.17, 15) is 19.2 Å². The summed E-state index contributed by atoms with van der Waals surface area (Å²) in [5, 5.41) is 0. The van der Waals surface area contributed by atoms with Crippen LogP contribution in [0.2, 0.25) is 0 Å². The molecule has 0 aliphatic heterocycles. The van der Waals surface area contributed by atoms with Crippen molar-refractivity contribution < 1.29 is 19.2 Å². The Hall–Kier alpha value is -2.06. The molecule has 0 rings (SSSR count). The molecule has 8 heteroatoms. The maximum Gasteiger partial charge on any atom is 0.260 e. The second-order valence-electron chi connectivity index (χ2n) is 2.61. The number of imide groups is 3. The molecular weight excluding hydrogens is 216 g/mol. The van der Waals surface area contributed by atoms with Crippen LogP contribution in [0.5, 0.6) is 0 Å². The van der Waals surface area contributed by atoms with Crippen molar-refractivity contribution >= 4 is 23.6 Å². The van der Waals surface area contributed by atoms with Crippen LogP contribution in [0.1, 0.15) is 0 Å². The summed E-state index contributed by atoms with van der Waals surface area (Å²) in [6.45, 7) is -1.05. The highest BCUT2D eigenvalue weighted by atomic mass is 16.2. The predicted octanol–water partition coefficient (Wildman–Crippen LogP) is -3.17. The number of nitrogens with zero attached hydrogens (tertiary/aromatic N) is 1. The summed E-state index contributed by atoms with van der Waals surface area (Å²) >= 11 is 0. The Kier molecular flexibility index (Phi) is 5.60. The summed E-state index contributed by atoms with van der Waals surface area (Å²) in [5.41, 5.74) is 14.8. The van der Waals surface area contributed by atoms with Gasteiger partial charge in [-0.1, -0.05) is 0 Å². The van der Waals surface area contributed by atoms with Crippen LogP contribution in [0.4, 0.5) is 0 Å². The molecule has 88 valence electrons. The number of nitrogens with two attached hydrogens (primary N) is 3. The van der Waals surface area contributed by atoms with Gasteiger partial charge in [0, 0.05) is 12.2 Å². The lowest BCUT2D eigenvalue weighted by molar-refractivity contribution is -0.150. The number of hydrogen-bond donors (Lipinski definition) is 3. The van der Waals surface area contributed by atoms with Crippen molar-refractivity contribution in [1.29, 1.82) is 0 Å². The van der Waals surface area contributed by atoms with Crippen molar-refractivity contribution in [2.24, 2.45) is 17.2 Å². The van der Waals surface area contributed by atoms with E-state index < -0.39 is 36.7 Å². The summed E-state index contributed by atoms with van der Waals surface area (Å²) in [6.07, 6.45) is 1.42. The highest BCUT2D eigenvalue weighted by Crippen LogP contribution is 1.93. The monoisotopic (exact) mass is 228 g/mol. The standard InChI is InChI=1S/C8H12N4O4/c9-3-7(15)12(8(16)4-10)6(14)2-1-5(11)13/h1-2H,3-4,9-10H2,(H2,11,13)/b2-1+. The van der Waals surface area contributed by atoms with E-state index in [1.54, 1.807) is 0 Å². The van der Waals surface area contributed by atoms with E-state index >= 15 is 0 Å². The third kappa shape index (κ3) is 3.98. The topological polar surface area (TPSA) is 150 Å². The molecular formula is C8H12N4O4. The summed E-state index contributed by atoms with van der Waals surface area (Å²) in [7, 11) is 0. The van der Waals surface area contributed by atoms with Crippen molar-refractivity contribution in [2.45, 2.75) is 0 Å². The smallest absolute Gasteiger partial charge is 0.260 e. The quantitative estimate of drug-likeness (QED) is 0.432. The first-order valence-electron chi connectivity index (χ1n) is 4.21. The third-order valence-electron chi connectivity index (χ3n) is 1.46. The van der Waals surface area contributed by atoms with Crippen LogP contribution in [0.25, 0.3) is 0 Å². The van der Waals surface area contributed by atoms with Crippen molar-refractivity contribution in [3.63, 3.8) is 0 Å². The number of rotatable bonds is 4. The molecule has 0 aromatic rings. The van der Waals surface area contributed by atoms with E-state index in [-0.39, 0.29) is 4.90 Å². The molecule has 0 aromatic carbocycles. The molecule has 0 aromatic heterocycles. The molecule has 8 nitrogen and oxygen atoms in total. The molecule has 0 unspecified atom stereocenters. The second-order valence-corrected chi connectivity index (χ2v) is 2.61. The number of primary amides is 1. The Morgan fingerprint density at radius 3 is 1.69 bits per heavy atom. The van der Waals surface area contributed by atoms with Gasteiger partial charge < -0.3 is 17.2 Å². The summed E-state index contributed by atoms with van der Waals surface area (Å²) in [4.78, 5) is 44.2. The van der Waals surface area contributed by atoms with Crippen molar-refractivity contribution in [1.82, 2.24) is 4.90 Å². The van der Waals surface area contributed by atoms with Gasteiger partial charge in [-0.2, -0.15) is 0 Å². The van der Waals surface area contributed by atoms with Gasteiger partial charge in [0.05, 0.1) is 13.1 Å². The normalized spacial score (nSPS) is 10.1. The molecule has 0 aliphatic rings. The maximum absolute atomic E-state index is 11.3. The second kappa shape index (κ2) is 6.43. The lowest BCUT2D eigenvalue weighted by Crippen LogP contribution is -2.46. The predicted molar refractivity (Wildman–Crippen MR) is 53.3 cm³/mol. The summed E-state index contributed by atoms with van der Waals surface area (Å²) < 4.78 is 0. The Balaban J connectivity index is 4.90. The summed E-state index contributed by atoms with van der Waals surface area (Å²) in [6, 6.07) is 0. The van der Waals surface area contributed by atoms with E-state index in [0.717, 1.165) is 6.08 Å². The van der Waals surface area contributed by atoms with Crippen LogP contribution < -0.4 is 17.2 Å². The van der Waals surface area contributed by atoms with Gasteiger partial charge in [-0.25, -0.2) is 4.90 Å². The fourth-order valence-electron chi connectivity index (χ4n) is 0.795. The first-order chi connectivity index (χ1) is 7.43. The van der Waals surface area contributed by atoms with Crippen LogP contribution >= 0.6 is 0 Å². The van der Waals surface area contributed by atoms with E-state index in [4.69, 9.17) is 17.2 Å². The lowest BCUT2D eigenvalue weighted by atomic mass is 10.3. The Morgan fingerprint density at radius 1 is 0.938 bits per heavy atom. The fraction of sp³-hybridized carbons (Fsp3) is 0.250. The van der Waals surface area contributed by atoms with Gasteiger partial charge in [-0.05, 0) is 0 Å². The maximum atomic E-state index is 11.3. The van der Waals surface area contributed by atoms with Gasteiger partial charge in [-0.3, -0.25) is 19.2 Å². The van der Waals surface area contributed by atoms with Crippen LogP contribution in [-0.2, 0) is 19.2 Å². The average molecular weight is 228 g/mol. The fourth-order valence-corrected chi connectivity index (χ4v) is 0.795. The van der Waals surface area contributed by atoms with Gasteiger partial charge >= 0.3 is 0 Å². The average Bonchev–Trinajstić information content (AvgIpc) is 2.25. The Labute approximate surface area is 91.0 Å². The van der Waals surface area contributed by atoms with E-state index in [2.05, 4.69) is 0 Å². The SMILES string of the molecule is NCC(=O)N(C(=O)/C=C/C(N)=O)C(=O)CN. The summed E-state index contributed by atoms with van der Waals surface area (Å²) in [5.74, 6) is -3.71. The number of carbonyl (C=O) groups is 4. The van der Waals surface area contributed by atoms with Crippen molar-refractivity contribution in [3.8, 4) is 0 Å². The number of amides is 4. The molecule has 0 saturated carbocycles. The molecule has 0 atom stereocenters. The lowest BCUT2D eigenvalue weighted by Gasteiger charge is -2.15. The van der Waals surface area contributed by atoms with Gasteiger partial charge in [-0.15, -0.1) is 0 Å². The first-order valence-corrected chi connectivity index (χ1v) is 4.21. The van der Waals surface area contributed by atoms with E-state index in [1.807, 2.05) is 0 Å². The molecule has 0 fully saturated rings. The molecule has 4 amide bonds. The van der Waals surface area contributed by atoms with E-state index in [0.29, 0.717) is 6.08 Å². The molecule has 0 bridgehead atoms. The van der Waals surface area contributed by atoms with Gasteiger partial charge in [0.1, 0.15) is 0 Å². The Bertz CT molecular complexity index is 334. The minimum atomic E-state index is -1.01. The number of carbonyl (C=O) groups excluding carboxylic acids is 4. The van der Waals surface area contributed by atoms with Crippen molar-refractivity contribution in [2.75, 3.05) is 13.1 Å². The van der Waals surface area contributed by atoms with Crippen molar-refractivity contribution in [3.05, 3.63) is 12.2 Å². The highest BCUT2D eigenvalue weighted by molar-refractivity contribution is 6.15. The highest BCUT2D eigenvalue weighted by Gasteiger charge is 2.24. The van der Waals surface area contributed by atoms with Gasteiger partial charge in [0.15, 0.2) is 0 Å². The van der Waals surface area contributed by atoms with Gasteiger partial charge in [0.25, 0.3) is 5.91 Å². The Morgan fingerprint density at radius 2 is 1.38 bits per heavy atom. The molecule has 6 N–H and O–H groups in total. The third-order valence-corrected chi connectivity index (χ3v) is 1.46. The molecule has 16 heavy (non-hydrogen) atoms. The van der Waals surface area contributed by atoms with Crippen LogP contribution in [0.3, 0.4) is 0 Å². The zero-order valence-corrected chi connectivity index (χ0v) is 8.38. The minimum absolute atomic E-state index is 0.263. The minimum Gasteiger partial charge on any atom is -0.366 e. The molecule has 0 radical (unpaired) electrons. The number of hydrogen-bond acceptors (Lipinski definition) is 6. The molecule has 0 heterocycles. The van der Waals surface area contributed by atoms with Crippen LogP contribution in [0.15, 0.2) is 12.2 Å².